The van der Waals surface area contributed by atoms with Crippen molar-refractivity contribution in [1.82, 2.24) is 5.32 Å². The molecule has 0 unspecified atom stereocenters. The van der Waals surface area contributed by atoms with E-state index in [0.29, 0.717) is 18.8 Å². The van der Waals surface area contributed by atoms with E-state index in [0.717, 1.165) is 23.6 Å². The first-order chi connectivity index (χ1) is 14.6. The first-order valence-electron chi connectivity index (χ1n) is 9.76. The molecule has 6 heteroatoms. The van der Waals surface area contributed by atoms with Crippen LogP contribution in [0.3, 0.4) is 0 Å². The smallest absolute Gasteiger partial charge is 0.257 e. The molecular formula is C24H24N2O3S. The van der Waals surface area contributed by atoms with E-state index in [1.54, 1.807) is 24.3 Å². The monoisotopic (exact) mass is 420 g/mol. The fraction of sp³-hybridized carbons (Fsp3) is 0.167. The predicted molar refractivity (Wildman–Crippen MR) is 123 cm³/mol. The first-order valence-corrected chi connectivity index (χ1v) is 10.2. The summed E-state index contributed by atoms with van der Waals surface area (Å²) in [4.78, 5) is 12.3. The highest BCUT2D eigenvalue weighted by atomic mass is 32.1. The third-order valence-corrected chi connectivity index (χ3v) is 4.47. The lowest BCUT2D eigenvalue weighted by atomic mass is 10.2. The average molecular weight is 421 g/mol. The zero-order valence-corrected chi connectivity index (χ0v) is 17.6. The standard InChI is InChI=1S/C24H24N2O3S/c1-2-28-21-12-8-19(9-13-21)23(27)26-24(30)25-20-10-14-22(15-11-20)29-17-16-18-6-4-3-5-7-18/h3-15H,2,16-17H2,1H3,(H2,25,26,27,30). The molecule has 0 aromatic heterocycles. The van der Waals surface area contributed by atoms with E-state index >= 15 is 0 Å². The Balaban J connectivity index is 1.45. The second-order valence-corrected chi connectivity index (χ2v) is 6.88. The van der Waals surface area contributed by atoms with Crippen LogP contribution >= 0.6 is 12.2 Å². The molecular weight excluding hydrogens is 396 g/mol. The van der Waals surface area contributed by atoms with E-state index in [1.807, 2.05) is 49.4 Å². The summed E-state index contributed by atoms with van der Waals surface area (Å²) in [5, 5.41) is 5.90. The van der Waals surface area contributed by atoms with Gasteiger partial charge in [0.25, 0.3) is 5.91 Å². The largest absolute Gasteiger partial charge is 0.494 e. The fourth-order valence-corrected chi connectivity index (χ4v) is 2.98. The summed E-state index contributed by atoms with van der Waals surface area (Å²) in [6, 6.07) is 24.6. The molecule has 0 spiro atoms. The Kier molecular flexibility index (Phi) is 7.80. The van der Waals surface area contributed by atoms with E-state index in [-0.39, 0.29) is 11.0 Å². The number of carbonyl (C=O) groups is 1. The molecule has 0 aliphatic rings. The van der Waals surface area contributed by atoms with E-state index < -0.39 is 0 Å². The second kappa shape index (κ2) is 11.0. The number of anilines is 1. The van der Waals surface area contributed by atoms with Crippen LogP contribution in [0.5, 0.6) is 11.5 Å². The number of amides is 1. The van der Waals surface area contributed by atoms with E-state index in [1.165, 1.54) is 5.56 Å². The Labute approximate surface area is 182 Å². The number of hydrogen-bond acceptors (Lipinski definition) is 4. The van der Waals surface area contributed by atoms with Crippen LogP contribution < -0.4 is 20.1 Å². The molecule has 0 atom stereocenters. The third-order valence-electron chi connectivity index (χ3n) is 4.27. The lowest BCUT2D eigenvalue weighted by Gasteiger charge is -2.11. The minimum absolute atomic E-state index is 0.228. The molecule has 0 aliphatic carbocycles. The van der Waals surface area contributed by atoms with Gasteiger partial charge in [0.05, 0.1) is 13.2 Å². The van der Waals surface area contributed by atoms with E-state index in [4.69, 9.17) is 21.7 Å². The summed E-state index contributed by atoms with van der Waals surface area (Å²) in [7, 11) is 0. The summed E-state index contributed by atoms with van der Waals surface area (Å²) in [5.74, 6) is 1.22. The van der Waals surface area contributed by atoms with Crippen LogP contribution in [-0.2, 0) is 6.42 Å². The summed E-state index contributed by atoms with van der Waals surface area (Å²) in [6.07, 6.45) is 0.850. The molecule has 0 aliphatic heterocycles. The van der Waals surface area contributed by atoms with Crippen molar-refractivity contribution in [2.45, 2.75) is 13.3 Å². The van der Waals surface area contributed by atoms with Gasteiger partial charge >= 0.3 is 0 Å². The van der Waals surface area contributed by atoms with Gasteiger partial charge in [0.15, 0.2) is 5.11 Å². The Morgan fingerprint density at radius 1 is 0.867 bits per heavy atom. The third kappa shape index (κ3) is 6.60. The van der Waals surface area contributed by atoms with Crippen molar-refractivity contribution in [2.75, 3.05) is 18.5 Å². The number of rotatable bonds is 8. The summed E-state index contributed by atoms with van der Waals surface area (Å²) in [5.41, 5.74) is 2.51. The zero-order valence-electron chi connectivity index (χ0n) is 16.8. The fourth-order valence-electron chi connectivity index (χ4n) is 2.77. The molecule has 3 aromatic rings. The van der Waals surface area contributed by atoms with Crippen molar-refractivity contribution >= 4 is 28.9 Å². The molecule has 0 bridgehead atoms. The summed E-state index contributed by atoms with van der Waals surface area (Å²) in [6.45, 7) is 3.10. The van der Waals surface area contributed by atoms with Crippen molar-refractivity contribution < 1.29 is 14.3 Å². The molecule has 2 N–H and O–H groups in total. The molecule has 3 rings (SSSR count). The van der Waals surface area contributed by atoms with Gasteiger partial charge < -0.3 is 14.8 Å². The van der Waals surface area contributed by atoms with Crippen molar-refractivity contribution in [3.05, 3.63) is 90.0 Å². The predicted octanol–water partition coefficient (Wildman–Crippen LogP) is 4.83. The van der Waals surface area contributed by atoms with Gasteiger partial charge in [-0.05, 0) is 73.2 Å². The SMILES string of the molecule is CCOc1ccc(C(=O)NC(=S)Nc2ccc(OCCc3ccccc3)cc2)cc1. The number of benzene rings is 3. The number of ether oxygens (including phenoxy) is 2. The quantitative estimate of drug-likeness (QED) is 0.511. The Hall–Kier alpha value is -3.38. The maximum atomic E-state index is 12.3. The normalized spacial score (nSPS) is 10.2. The van der Waals surface area contributed by atoms with Crippen LogP contribution in [0.2, 0.25) is 0 Å². The number of hydrogen-bond donors (Lipinski definition) is 2. The minimum atomic E-state index is -0.281. The molecule has 5 nitrogen and oxygen atoms in total. The zero-order chi connectivity index (χ0) is 21.2. The van der Waals surface area contributed by atoms with Crippen LogP contribution in [0.15, 0.2) is 78.9 Å². The molecule has 1 amide bonds. The van der Waals surface area contributed by atoms with E-state index in [2.05, 4.69) is 22.8 Å². The Morgan fingerprint density at radius 3 is 2.17 bits per heavy atom. The van der Waals surface area contributed by atoms with Gasteiger partial charge in [-0.1, -0.05) is 30.3 Å². The maximum absolute atomic E-state index is 12.3. The van der Waals surface area contributed by atoms with Gasteiger partial charge in [-0.2, -0.15) is 0 Å². The highest BCUT2D eigenvalue weighted by Crippen LogP contribution is 2.16. The minimum Gasteiger partial charge on any atom is -0.494 e. The highest BCUT2D eigenvalue weighted by Gasteiger charge is 2.08. The lowest BCUT2D eigenvalue weighted by Crippen LogP contribution is -2.34. The van der Waals surface area contributed by atoms with Gasteiger partial charge in [-0.15, -0.1) is 0 Å². The van der Waals surface area contributed by atoms with Crippen LogP contribution in [0.4, 0.5) is 5.69 Å². The molecule has 0 fully saturated rings. The van der Waals surface area contributed by atoms with Crippen molar-refractivity contribution in [1.29, 1.82) is 0 Å². The maximum Gasteiger partial charge on any atom is 0.257 e. The molecule has 0 saturated heterocycles. The first kappa shape index (κ1) is 21.3. The van der Waals surface area contributed by atoms with Crippen LogP contribution in [0.25, 0.3) is 0 Å². The van der Waals surface area contributed by atoms with Crippen LogP contribution in [0, 0.1) is 0 Å². The van der Waals surface area contributed by atoms with Gasteiger partial charge in [-0.25, -0.2) is 0 Å². The van der Waals surface area contributed by atoms with Crippen molar-refractivity contribution in [3.8, 4) is 11.5 Å². The van der Waals surface area contributed by atoms with Crippen molar-refractivity contribution in [3.63, 3.8) is 0 Å². The average Bonchev–Trinajstić information content (AvgIpc) is 2.76. The van der Waals surface area contributed by atoms with Gasteiger partial charge in [0, 0.05) is 17.7 Å². The Bertz CT molecular complexity index is 958. The van der Waals surface area contributed by atoms with Crippen LogP contribution in [-0.4, -0.2) is 24.2 Å². The van der Waals surface area contributed by atoms with Gasteiger partial charge in [0.2, 0.25) is 0 Å². The number of thiocarbonyl (C=S) groups is 1. The summed E-state index contributed by atoms with van der Waals surface area (Å²) >= 11 is 5.24. The molecule has 30 heavy (non-hydrogen) atoms. The molecule has 0 heterocycles. The molecule has 0 saturated carbocycles. The van der Waals surface area contributed by atoms with E-state index in [9.17, 15) is 4.79 Å². The molecule has 0 radical (unpaired) electrons. The van der Waals surface area contributed by atoms with Gasteiger partial charge in [-0.3, -0.25) is 10.1 Å². The van der Waals surface area contributed by atoms with Crippen LogP contribution in [0.1, 0.15) is 22.8 Å². The highest BCUT2D eigenvalue weighted by molar-refractivity contribution is 7.80. The second-order valence-electron chi connectivity index (χ2n) is 6.47. The van der Waals surface area contributed by atoms with Gasteiger partial charge in [0.1, 0.15) is 11.5 Å². The Morgan fingerprint density at radius 2 is 1.50 bits per heavy atom. The summed E-state index contributed by atoms with van der Waals surface area (Å²) < 4.78 is 11.2. The molecule has 3 aromatic carbocycles. The lowest BCUT2D eigenvalue weighted by molar-refractivity contribution is 0.0977. The topological polar surface area (TPSA) is 59.6 Å². The van der Waals surface area contributed by atoms with Crippen molar-refractivity contribution in [2.24, 2.45) is 0 Å². The molecule has 154 valence electrons. The number of nitrogens with one attached hydrogen (secondary N) is 2. The number of carbonyl (C=O) groups excluding carboxylic acids is 1.